The summed E-state index contributed by atoms with van der Waals surface area (Å²) in [5, 5.41) is 16.4. The summed E-state index contributed by atoms with van der Waals surface area (Å²) in [4.78, 5) is 13.5. The molecule has 3 rings (SSSR count). The van der Waals surface area contributed by atoms with Crippen molar-refractivity contribution in [2.45, 2.75) is 19.5 Å². The molecule has 1 amide bonds. The van der Waals surface area contributed by atoms with Crippen LogP contribution in [0.2, 0.25) is 15.1 Å². The molecule has 0 saturated carbocycles. The van der Waals surface area contributed by atoms with Gasteiger partial charge in [-0.25, -0.2) is 0 Å². The van der Waals surface area contributed by atoms with E-state index in [2.05, 4.69) is 20.7 Å². The highest BCUT2D eigenvalue weighted by atomic mass is 35.5. The van der Waals surface area contributed by atoms with Gasteiger partial charge in [0.25, 0.3) is 0 Å². The van der Waals surface area contributed by atoms with Crippen LogP contribution in [-0.2, 0) is 11.3 Å². The van der Waals surface area contributed by atoms with E-state index in [1.54, 1.807) is 30.3 Å². The molecule has 2 aromatic carbocycles. The average Bonchev–Trinajstić information content (AvgIpc) is 3.03. The predicted octanol–water partition coefficient (Wildman–Crippen LogP) is 4.18. The monoisotopic (exact) mass is 409 g/mol. The number of nitrogens with one attached hydrogen (secondary N) is 1. The van der Waals surface area contributed by atoms with Gasteiger partial charge in [0, 0.05) is 15.6 Å². The Hall–Kier alpha value is -2.15. The third-order valence-corrected chi connectivity index (χ3v) is 4.55. The molecule has 0 aliphatic heterocycles. The Bertz CT molecular complexity index is 944. The first-order chi connectivity index (χ1) is 12.4. The number of hydrogen-bond donors (Lipinski definition) is 1. The van der Waals surface area contributed by atoms with E-state index in [-0.39, 0.29) is 18.5 Å². The quantitative estimate of drug-likeness (QED) is 0.685. The molecule has 1 aromatic heterocycles. The first kappa shape index (κ1) is 18.6. The Labute approximate surface area is 165 Å². The topological polar surface area (TPSA) is 72.7 Å². The van der Waals surface area contributed by atoms with Crippen molar-refractivity contribution in [3.63, 3.8) is 0 Å². The number of amides is 1. The number of benzene rings is 2. The Morgan fingerprint density at radius 2 is 1.92 bits per heavy atom. The fourth-order valence-electron chi connectivity index (χ4n) is 2.41. The van der Waals surface area contributed by atoms with Crippen molar-refractivity contribution >= 4 is 40.7 Å². The lowest BCUT2D eigenvalue weighted by molar-refractivity contribution is -0.122. The summed E-state index contributed by atoms with van der Waals surface area (Å²) in [6, 6.07) is 12.0. The van der Waals surface area contributed by atoms with Crippen molar-refractivity contribution in [1.82, 2.24) is 25.5 Å². The third kappa shape index (κ3) is 4.33. The molecular formula is C17H14Cl3N5O. The molecule has 3 aromatic rings. The maximum atomic E-state index is 12.3. The summed E-state index contributed by atoms with van der Waals surface area (Å²) >= 11 is 18.2. The molecule has 0 unspecified atom stereocenters. The van der Waals surface area contributed by atoms with Crippen molar-refractivity contribution in [2.24, 2.45) is 0 Å². The van der Waals surface area contributed by atoms with Crippen LogP contribution in [0.15, 0.2) is 42.5 Å². The lowest BCUT2D eigenvalue weighted by atomic mass is 10.1. The summed E-state index contributed by atoms with van der Waals surface area (Å²) in [6.07, 6.45) is 0. The fraction of sp³-hybridized carbons (Fsp3) is 0.176. The van der Waals surface area contributed by atoms with E-state index >= 15 is 0 Å². The maximum Gasteiger partial charge on any atom is 0.244 e. The molecule has 0 fully saturated rings. The lowest BCUT2D eigenvalue weighted by Gasteiger charge is -2.15. The molecule has 0 bridgehead atoms. The van der Waals surface area contributed by atoms with E-state index in [0.29, 0.717) is 26.5 Å². The minimum Gasteiger partial charge on any atom is -0.348 e. The van der Waals surface area contributed by atoms with E-state index < -0.39 is 0 Å². The normalized spacial score (nSPS) is 12.0. The van der Waals surface area contributed by atoms with E-state index in [0.717, 1.165) is 5.56 Å². The number of halogens is 3. The van der Waals surface area contributed by atoms with E-state index in [1.807, 2.05) is 19.1 Å². The van der Waals surface area contributed by atoms with Gasteiger partial charge in [0.2, 0.25) is 11.7 Å². The van der Waals surface area contributed by atoms with Gasteiger partial charge in [0.15, 0.2) is 0 Å². The number of hydrogen-bond acceptors (Lipinski definition) is 4. The van der Waals surface area contributed by atoms with Crippen molar-refractivity contribution < 1.29 is 4.79 Å². The molecule has 9 heteroatoms. The van der Waals surface area contributed by atoms with Crippen LogP contribution in [0.5, 0.6) is 0 Å². The average molecular weight is 411 g/mol. The minimum absolute atomic E-state index is 0.0764. The minimum atomic E-state index is -0.293. The SMILES string of the molecule is C[C@H](NC(=O)Cn1nnc(-c2ccccc2Cl)n1)c1ccc(Cl)cc1Cl. The van der Waals surface area contributed by atoms with Gasteiger partial charge in [0.05, 0.1) is 11.1 Å². The molecule has 134 valence electrons. The third-order valence-electron chi connectivity index (χ3n) is 3.66. The van der Waals surface area contributed by atoms with Crippen molar-refractivity contribution in [3.05, 3.63) is 63.1 Å². The highest BCUT2D eigenvalue weighted by Gasteiger charge is 2.15. The Morgan fingerprint density at radius 3 is 2.65 bits per heavy atom. The van der Waals surface area contributed by atoms with Gasteiger partial charge in [-0.15, -0.1) is 10.2 Å². The van der Waals surface area contributed by atoms with E-state index in [4.69, 9.17) is 34.8 Å². The lowest BCUT2D eigenvalue weighted by Crippen LogP contribution is -2.31. The van der Waals surface area contributed by atoms with Crippen molar-refractivity contribution in [2.75, 3.05) is 0 Å². The van der Waals surface area contributed by atoms with Gasteiger partial charge in [-0.05, 0) is 42.0 Å². The van der Waals surface area contributed by atoms with Gasteiger partial charge >= 0.3 is 0 Å². The summed E-state index contributed by atoms with van der Waals surface area (Å²) < 4.78 is 0. The number of aromatic nitrogens is 4. The summed E-state index contributed by atoms with van der Waals surface area (Å²) in [5.74, 6) is 0.0869. The van der Waals surface area contributed by atoms with Crippen LogP contribution in [0, 0.1) is 0 Å². The van der Waals surface area contributed by atoms with Gasteiger partial charge in [0.1, 0.15) is 6.54 Å². The summed E-state index contributed by atoms with van der Waals surface area (Å²) in [6.45, 7) is 1.75. The zero-order valence-corrected chi connectivity index (χ0v) is 15.9. The summed E-state index contributed by atoms with van der Waals surface area (Å²) in [7, 11) is 0. The van der Waals surface area contributed by atoms with Crippen LogP contribution in [0.4, 0.5) is 0 Å². The highest BCUT2D eigenvalue weighted by Crippen LogP contribution is 2.26. The standard InChI is InChI=1S/C17H14Cl3N5O/c1-10(12-7-6-11(18)8-15(12)20)21-16(26)9-25-23-17(22-24-25)13-4-2-3-5-14(13)19/h2-8,10H,9H2,1H3,(H,21,26)/t10-/m0/s1. The molecule has 6 nitrogen and oxygen atoms in total. The number of carbonyl (C=O) groups is 1. The summed E-state index contributed by atoms with van der Waals surface area (Å²) in [5.41, 5.74) is 1.43. The van der Waals surface area contributed by atoms with Gasteiger partial charge in [-0.1, -0.05) is 53.0 Å². The molecular weight excluding hydrogens is 397 g/mol. The van der Waals surface area contributed by atoms with Crippen LogP contribution in [-0.4, -0.2) is 26.1 Å². The number of carbonyl (C=O) groups excluding carboxylic acids is 1. The molecule has 1 heterocycles. The zero-order chi connectivity index (χ0) is 18.7. The Balaban J connectivity index is 1.66. The Morgan fingerprint density at radius 1 is 1.15 bits per heavy atom. The largest absolute Gasteiger partial charge is 0.348 e. The van der Waals surface area contributed by atoms with Crippen molar-refractivity contribution in [3.8, 4) is 11.4 Å². The Kier molecular flexibility index (Phi) is 5.76. The van der Waals surface area contributed by atoms with Crippen LogP contribution < -0.4 is 5.32 Å². The second-order valence-electron chi connectivity index (χ2n) is 5.58. The van der Waals surface area contributed by atoms with Crippen LogP contribution in [0.1, 0.15) is 18.5 Å². The van der Waals surface area contributed by atoms with E-state index in [1.165, 1.54) is 4.80 Å². The molecule has 1 atom stereocenters. The smallest absolute Gasteiger partial charge is 0.244 e. The van der Waals surface area contributed by atoms with Gasteiger partial charge < -0.3 is 5.32 Å². The number of nitrogens with zero attached hydrogens (tertiary/aromatic N) is 4. The molecule has 0 aliphatic carbocycles. The predicted molar refractivity (Wildman–Crippen MR) is 101 cm³/mol. The zero-order valence-electron chi connectivity index (χ0n) is 13.7. The van der Waals surface area contributed by atoms with Gasteiger partial charge in [-0.2, -0.15) is 4.80 Å². The van der Waals surface area contributed by atoms with Gasteiger partial charge in [-0.3, -0.25) is 4.79 Å². The number of tetrazole rings is 1. The first-order valence-electron chi connectivity index (χ1n) is 7.71. The van der Waals surface area contributed by atoms with Crippen LogP contribution in [0.3, 0.4) is 0 Å². The fourth-order valence-corrected chi connectivity index (χ4v) is 3.20. The molecule has 0 saturated heterocycles. The van der Waals surface area contributed by atoms with Crippen molar-refractivity contribution in [1.29, 1.82) is 0 Å². The first-order valence-corrected chi connectivity index (χ1v) is 8.84. The molecule has 0 spiro atoms. The maximum absolute atomic E-state index is 12.3. The second kappa shape index (κ2) is 8.03. The van der Waals surface area contributed by atoms with Crippen LogP contribution >= 0.6 is 34.8 Å². The molecule has 0 radical (unpaired) electrons. The van der Waals surface area contributed by atoms with E-state index in [9.17, 15) is 4.79 Å². The molecule has 0 aliphatic rings. The number of rotatable bonds is 5. The second-order valence-corrected chi connectivity index (χ2v) is 6.83. The highest BCUT2D eigenvalue weighted by molar-refractivity contribution is 6.35. The molecule has 1 N–H and O–H groups in total. The molecule has 26 heavy (non-hydrogen) atoms. The van der Waals surface area contributed by atoms with Crippen LogP contribution in [0.25, 0.3) is 11.4 Å².